The van der Waals surface area contributed by atoms with Gasteiger partial charge in [-0.2, -0.15) is 0 Å². The second kappa shape index (κ2) is 6.24. The summed E-state index contributed by atoms with van der Waals surface area (Å²) in [6.45, 7) is 3.95. The molecule has 0 amide bonds. The number of aryl methyl sites for hydroxylation is 1. The molecule has 0 heterocycles. The van der Waals surface area contributed by atoms with Gasteiger partial charge in [0.05, 0.1) is 13.5 Å². The summed E-state index contributed by atoms with van der Waals surface area (Å²) >= 11 is 0. The molecular weight excluding hydrogens is 252 g/mol. The zero-order valence-electron chi connectivity index (χ0n) is 12.0. The molecule has 3 heteroatoms. The van der Waals surface area contributed by atoms with Gasteiger partial charge in [-0.25, -0.2) is 0 Å². The highest BCUT2D eigenvalue weighted by Crippen LogP contribution is 2.21. The number of carbonyl (C=O) groups is 1. The number of esters is 1. The van der Waals surface area contributed by atoms with Gasteiger partial charge in [0, 0.05) is 0 Å². The molecule has 2 rings (SSSR count). The molecule has 2 aromatic rings. The quantitative estimate of drug-likeness (QED) is 0.630. The number of ether oxygens (including phenoxy) is 2. The Kier molecular flexibility index (Phi) is 4.41. The number of methoxy groups -OCH3 is 1. The average Bonchev–Trinajstić information content (AvgIpc) is 2.45. The molecule has 0 fully saturated rings. The SMILES string of the molecule is COc1ccc(CC(=O)Oc2cccc(C)c2C)cc1. The first-order valence-corrected chi connectivity index (χ1v) is 6.50. The maximum Gasteiger partial charge on any atom is 0.315 e. The van der Waals surface area contributed by atoms with E-state index in [2.05, 4.69) is 0 Å². The summed E-state index contributed by atoms with van der Waals surface area (Å²) in [4.78, 5) is 11.9. The Morgan fingerprint density at radius 2 is 1.75 bits per heavy atom. The molecule has 0 radical (unpaired) electrons. The van der Waals surface area contributed by atoms with E-state index >= 15 is 0 Å². The Labute approximate surface area is 119 Å². The van der Waals surface area contributed by atoms with Gasteiger partial charge < -0.3 is 9.47 Å². The molecular formula is C17H18O3. The summed E-state index contributed by atoms with van der Waals surface area (Å²) in [6, 6.07) is 13.1. The summed E-state index contributed by atoms with van der Waals surface area (Å²) in [7, 11) is 1.61. The predicted octanol–water partition coefficient (Wildman–Crippen LogP) is 3.46. The maximum atomic E-state index is 11.9. The molecule has 0 aliphatic rings. The summed E-state index contributed by atoms with van der Waals surface area (Å²) < 4.78 is 10.5. The van der Waals surface area contributed by atoms with Crippen LogP contribution >= 0.6 is 0 Å². The Morgan fingerprint density at radius 3 is 2.40 bits per heavy atom. The normalized spacial score (nSPS) is 10.2. The van der Waals surface area contributed by atoms with Gasteiger partial charge >= 0.3 is 5.97 Å². The van der Waals surface area contributed by atoms with Gasteiger partial charge in [0.25, 0.3) is 0 Å². The van der Waals surface area contributed by atoms with Crippen LogP contribution < -0.4 is 9.47 Å². The Balaban J connectivity index is 2.03. The zero-order valence-corrected chi connectivity index (χ0v) is 12.0. The van der Waals surface area contributed by atoms with Crippen LogP contribution in [0, 0.1) is 13.8 Å². The molecule has 0 atom stereocenters. The molecule has 0 aliphatic heterocycles. The fourth-order valence-electron chi connectivity index (χ4n) is 1.90. The van der Waals surface area contributed by atoms with Crippen molar-refractivity contribution < 1.29 is 14.3 Å². The number of carbonyl (C=O) groups excluding carboxylic acids is 1. The topological polar surface area (TPSA) is 35.5 Å². The van der Waals surface area contributed by atoms with Crippen molar-refractivity contribution in [3.05, 3.63) is 59.2 Å². The van der Waals surface area contributed by atoms with E-state index in [1.54, 1.807) is 7.11 Å². The van der Waals surface area contributed by atoms with Crippen molar-refractivity contribution in [2.75, 3.05) is 7.11 Å². The van der Waals surface area contributed by atoms with Crippen molar-refractivity contribution in [2.24, 2.45) is 0 Å². The average molecular weight is 270 g/mol. The smallest absolute Gasteiger partial charge is 0.315 e. The van der Waals surface area contributed by atoms with Crippen LogP contribution in [-0.2, 0) is 11.2 Å². The van der Waals surface area contributed by atoms with Gasteiger partial charge in [0.1, 0.15) is 11.5 Å². The lowest BCUT2D eigenvalue weighted by Crippen LogP contribution is -2.12. The van der Waals surface area contributed by atoms with E-state index in [4.69, 9.17) is 9.47 Å². The van der Waals surface area contributed by atoms with Crippen LogP contribution in [-0.4, -0.2) is 13.1 Å². The molecule has 0 bridgehead atoms. The van der Waals surface area contributed by atoms with E-state index in [9.17, 15) is 4.79 Å². The number of benzene rings is 2. The van der Waals surface area contributed by atoms with Crippen LogP contribution in [0.25, 0.3) is 0 Å². The van der Waals surface area contributed by atoms with Crippen LogP contribution in [0.4, 0.5) is 0 Å². The predicted molar refractivity (Wildman–Crippen MR) is 78.2 cm³/mol. The molecule has 0 aliphatic carbocycles. The van der Waals surface area contributed by atoms with Crippen LogP contribution in [0.5, 0.6) is 11.5 Å². The van der Waals surface area contributed by atoms with E-state index in [1.807, 2.05) is 56.3 Å². The summed E-state index contributed by atoms with van der Waals surface area (Å²) in [5, 5.41) is 0. The van der Waals surface area contributed by atoms with Crippen molar-refractivity contribution >= 4 is 5.97 Å². The molecule has 2 aromatic carbocycles. The van der Waals surface area contributed by atoms with E-state index in [0.717, 1.165) is 22.4 Å². The molecule has 0 N–H and O–H groups in total. The number of rotatable bonds is 4. The van der Waals surface area contributed by atoms with Crippen molar-refractivity contribution in [3.63, 3.8) is 0 Å². The second-order valence-corrected chi connectivity index (χ2v) is 4.70. The molecule has 0 aromatic heterocycles. The lowest BCUT2D eigenvalue weighted by Gasteiger charge is -2.09. The standard InChI is InChI=1S/C17H18O3/c1-12-5-4-6-16(13(12)2)20-17(18)11-14-7-9-15(19-3)10-8-14/h4-10H,11H2,1-3H3. The highest BCUT2D eigenvalue weighted by atomic mass is 16.5. The third kappa shape index (κ3) is 3.38. The Bertz CT molecular complexity index is 600. The fraction of sp³-hybridized carbons (Fsp3) is 0.235. The lowest BCUT2D eigenvalue weighted by atomic mass is 10.1. The summed E-state index contributed by atoms with van der Waals surface area (Å²) in [5.74, 6) is 1.14. The van der Waals surface area contributed by atoms with Crippen molar-refractivity contribution in [2.45, 2.75) is 20.3 Å². The minimum atomic E-state index is -0.260. The fourth-order valence-corrected chi connectivity index (χ4v) is 1.90. The molecule has 3 nitrogen and oxygen atoms in total. The largest absolute Gasteiger partial charge is 0.497 e. The molecule has 0 unspecified atom stereocenters. The van der Waals surface area contributed by atoms with Crippen LogP contribution in [0.1, 0.15) is 16.7 Å². The van der Waals surface area contributed by atoms with Gasteiger partial charge in [-0.3, -0.25) is 4.79 Å². The highest BCUT2D eigenvalue weighted by Gasteiger charge is 2.09. The van der Waals surface area contributed by atoms with Crippen LogP contribution in [0.3, 0.4) is 0 Å². The van der Waals surface area contributed by atoms with Crippen molar-refractivity contribution in [3.8, 4) is 11.5 Å². The first-order chi connectivity index (χ1) is 9.60. The van der Waals surface area contributed by atoms with Gasteiger partial charge in [-0.1, -0.05) is 24.3 Å². The Morgan fingerprint density at radius 1 is 1.05 bits per heavy atom. The number of hydrogen-bond donors (Lipinski definition) is 0. The lowest BCUT2D eigenvalue weighted by molar-refractivity contribution is -0.133. The first kappa shape index (κ1) is 14.1. The van der Waals surface area contributed by atoms with Gasteiger partial charge in [-0.15, -0.1) is 0 Å². The molecule has 0 saturated carbocycles. The van der Waals surface area contributed by atoms with Crippen molar-refractivity contribution in [1.29, 1.82) is 0 Å². The monoisotopic (exact) mass is 270 g/mol. The highest BCUT2D eigenvalue weighted by molar-refractivity contribution is 5.75. The Hall–Kier alpha value is -2.29. The molecule has 104 valence electrons. The summed E-state index contributed by atoms with van der Waals surface area (Å²) in [6.07, 6.45) is 0.247. The summed E-state index contributed by atoms with van der Waals surface area (Å²) in [5.41, 5.74) is 3.01. The van der Waals surface area contributed by atoms with Gasteiger partial charge in [0.2, 0.25) is 0 Å². The van der Waals surface area contributed by atoms with E-state index in [0.29, 0.717) is 5.75 Å². The van der Waals surface area contributed by atoms with Crippen LogP contribution in [0.2, 0.25) is 0 Å². The first-order valence-electron chi connectivity index (χ1n) is 6.50. The van der Waals surface area contributed by atoms with E-state index in [1.165, 1.54) is 0 Å². The zero-order chi connectivity index (χ0) is 14.5. The van der Waals surface area contributed by atoms with Gasteiger partial charge in [0.15, 0.2) is 0 Å². The van der Waals surface area contributed by atoms with E-state index in [-0.39, 0.29) is 12.4 Å². The third-order valence-electron chi connectivity index (χ3n) is 3.29. The third-order valence-corrected chi connectivity index (χ3v) is 3.29. The van der Waals surface area contributed by atoms with E-state index < -0.39 is 0 Å². The maximum absolute atomic E-state index is 11.9. The van der Waals surface area contributed by atoms with Crippen molar-refractivity contribution in [1.82, 2.24) is 0 Å². The number of hydrogen-bond acceptors (Lipinski definition) is 3. The van der Waals surface area contributed by atoms with Crippen LogP contribution in [0.15, 0.2) is 42.5 Å². The minimum Gasteiger partial charge on any atom is -0.497 e. The molecule has 20 heavy (non-hydrogen) atoms. The van der Waals surface area contributed by atoms with Gasteiger partial charge in [-0.05, 0) is 48.7 Å². The minimum absolute atomic E-state index is 0.247. The molecule has 0 spiro atoms. The second-order valence-electron chi connectivity index (χ2n) is 4.70. The molecule has 0 saturated heterocycles.